The number of aryl methyl sites for hydroxylation is 2. The smallest absolute Gasteiger partial charge is 0.255 e. The molecule has 4 heterocycles. The van der Waals surface area contributed by atoms with E-state index >= 15 is 0 Å². The number of fused-ring (bicyclic) bond motifs is 1. The first-order valence-corrected chi connectivity index (χ1v) is 12.7. The fraction of sp³-hybridized carbons (Fsp3) is 0.346. The zero-order valence-corrected chi connectivity index (χ0v) is 20.3. The molecule has 1 unspecified atom stereocenters. The number of thiophene rings is 1. The molecule has 0 bridgehead atoms. The monoisotopic (exact) mass is 472 g/mol. The molecule has 8 heteroatoms. The van der Waals surface area contributed by atoms with E-state index < -0.39 is 0 Å². The van der Waals surface area contributed by atoms with Crippen LogP contribution in [0, 0.1) is 6.92 Å². The highest BCUT2D eigenvalue weighted by molar-refractivity contribution is 7.13. The van der Waals surface area contributed by atoms with Crippen LogP contribution >= 0.6 is 11.3 Å². The lowest BCUT2D eigenvalue weighted by molar-refractivity contribution is 0.0931. The van der Waals surface area contributed by atoms with Crippen molar-refractivity contribution in [2.24, 2.45) is 0 Å². The number of rotatable bonds is 7. The molecule has 1 amide bonds. The summed E-state index contributed by atoms with van der Waals surface area (Å²) in [4.78, 5) is 28.2. The van der Waals surface area contributed by atoms with E-state index in [2.05, 4.69) is 33.4 Å². The summed E-state index contributed by atoms with van der Waals surface area (Å²) in [5.41, 5.74) is 5.74. The van der Waals surface area contributed by atoms with Gasteiger partial charge in [0, 0.05) is 18.6 Å². The van der Waals surface area contributed by atoms with Crippen molar-refractivity contribution >= 4 is 17.2 Å². The molecule has 34 heavy (non-hydrogen) atoms. The Balaban J connectivity index is 1.48. The quantitative estimate of drug-likeness (QED) is 0.397. The molecule has 0 fully saturated rings. The molecule has 0 radical (unpaired) electrons. The Morgan fingerprint density at radius 1 is 1.26 bits per heavy atom. The SMILES string of the molecule is CCCCc1c(C(=O)NC2CCCc3cnccc32)cnn1-c1ncc(C)c(-c2cccs2)n1. The highest BCUT2D eigenvalue weighted by atomic mass is 32.1. The Hall–Kier alpha value is -3.39. The number of nitrogens with one attached hydrogen (secondary N) is 1. The molecule has 4 aromatic heterocycles. The van der Waals surface area contributed by atoms with E-state index in [9.17, 15) is 4.79 Å². The molecule has 0 spiro atoms. The predicted molar refractivity (Wildman–Crippen MR) is 133 cm³/mol. The normalized spacial score (nSPS) is 15.2. The van der Waals surface area contributed by atoms with Crippen molar-refractivity contribution in [3.8, 4) is 16.5 Å². The summed E-state index contributed by atoms with van der Waals surface area (Å²) in [5, 5.41) is 9.87. The molecule has 0 saturated carbocycles. The molecule has 1 aliphatic rings. The Labute approximate surface area is 203 Å². The second-order valence-electron chi connectivity index (χ2n) is 8.69. The van der Waals surface area contributed by atoms with Gasteiger partial charge >= 0.3 is 0 Å². The fourth-order valence-corrected chi connectivity index (χ4v) is 5.32. The second kappa shape index (κ2) is 9.85. The standard InChI is InChI=1S/C26H28N6OS/c1-3-4-9-22-20(25(33)30-21-8-5-7-18-15-27-12-11-19(18)21)16-29-32(22)26-28-14-17(2)24(31-26)23-10-6-13-34-23/h6,10-16,21H,3-5,7-9H2,1-2H3,(H,30,33). The Bertz CT molecular complexity index is 1300. The van der Waals surface area contributed by atoms with Gasteiger partial charge in [-0.1, -0.05) is 19.4 Å². The molecule has 5 rings (SSSR count). The first-order valence-electron chi connectivity index (χ1n) is 11.8. The van der Waals surface area contributed by atoms with E-state index in [1.165, 1.54) is 11.1 Å². The van der Waals surface area contributed by atoms with Gasteiger partial charge in [0.05, 0.1) is 34.1 Å². The van der Waals surface area contributed by atoms with Gasteiger partial charge < -0.3 is 5.32 Å². The van der Waals surface area contributed by atoms with Crippen molar-refractivity contribution in [3.63, 3.8) is 0 Å². The lowest BCUT2D eigenvalue weighted by atomic mass is 9.89. The molecule has 1 atom stereocenters. The summed E-state index contributed by atoms with van der Waals surface area (Å²) in [7, 11) is 0. The average Bonchev–Trinajstić information content (AvgIpc) is 3.54. The number of amides is 1. The van der Waals surface area contributed by atoms with Gasteiger partial charge in [-0.05, 0) is 73.2 Å². The van der Waals surface area contributed by atoms with Crippen molar-refractivity contribution in [2.75, 3.05) is 0 Å². The molecule has 0 aliphatic heterocycles. The molecule has 0 saturated heterocycles. The Kier molecular flexibility index (Phi) is 6.49. The van der Waals surface area contributed by atoms with Crippen LogP contribution in [0.5, 0.6) is 0 Å². The van der Waals surface area contributed by atoms with E-state index in [1.807, 2.05) is 36.8 Å². The van der Waals surface area contributed by atoms with E-state index in [-0.39, 0.29) is 11.9 Å². The third kappa shape index (κ3) is 4.37. The maximum atomic E-state index is 13.4. The van der Waals surface area contributed by atoms with Gasteiger partial charge in [-0.2, -0.15) is 5.10 Å². The molecule has 7 nitrogen and oxygen atoms in total. The van der Waals surface area contributed by atoms with Gasteiger partial charge in [0.2, 0.25) is 0 Å². The highest BCUT2D eigenvalue weighted by Crippen LogP contribution is 2.30. The van der Waals surface area contributed by atoms with Crippen LogP contribution in [0.4, 0.5) is 0 Å². The van der Waals surface area contributed by atoms with Crippen LogP contribution < -0.4 is 5.32 Å². The van der Waals surface area contributed by atoms with Crippen molar-refractivity contribution in [3.05, 3.63) is 76.3 Å². The third-order valence-corrected chi connectivity index (χ3v) is 7.22. The van der Waals surface area contributed by atoms with Crippen LogP contribution in [0.25, 0.3) is 16.5 Å². The second-order valence-corrected chi connectivity index (χ2v) is 9.64. The maximum absolute atomic E-state index is 13.4. The summed E-state index contributed by atoms with van der Waals surface area (Å²) in [6, 6.07) is 6.08. The number of hydrogen-bond acceptors (Lipinski definition) is 6. The van der Waals surface area contributed by atoms with E-state index in [1.54, 1.807) is 28.4 Å². The Morgan fingerprint density at radius 2 is 2.18 bits per heavy atom. The zero-order valence-electron chi connectivity index (χ0n) is 19.5. The summed E-state index contributed by atoms with van der Waals surface area (Å²) in [6.07, 6.45) is 12.9. The van der Waals surface area contributed by atoms with Gasteiger partial charge in [0.1, 0.15) is 0 Å². The summed E-state index contributed by atoms with van der Waals surface area (Å²) >= 11 is 1.65. The molecule has 1 N–H and O–H groups in total. The highest BCUT2D eigenvalue weighted by Gasteiger charge is 2.25. The Morgan fingerprint density at radius 3 is 3.00 bits per heavy atom. The number of hydrogen-bond donors (Lipinski definition) is 1. The molecular weight excluding hydrogens is 444 g/mol. The van der Waals surface area contributed by atoms with Gasteiger partial charge in [0.15, 0.2) is 0 Å². The summed E-state index contributed by atoms with van der Waals surface area (Å²) < 4.78 is 1.74. The van der Waals surface area contributed by atoms with E-state index in [4.69, 9.17) is 4.98 Å². The number of nitrogens with zero attached hydrogens (tertiary/aromatic N) is 5. The predicted octanol–water partition coefficient (Wildman–Crippen LogP) is 5.24. The maximum Gasteiger partial charge on any atom is 0.255 e. The van der Waals surface area contributed by atoms with Crippen LogP contribution in [0.1, 0.15) is 71.4 Å². The van der Waals surface area contributed by atoms with Gasteiger partial charge in [-0.25, -0.2) is 14.6 Å². The van der Waals surface area contributed by atoms with Crippen LogP contribution in [-0.2, 0) is 12.8 Å². The van der Waals surface area contributed by atoms with Crippen LogP contribution in [0.2, 0.25) is 0 Å². The van der Waals surface area contributed by atoms with Gasteiger partial charge in [0.25, 0.3) is 11.9 Å². The number of pyridine rings is 1. The minimum Gasteiger partial charge on any atom is -0.345 e. The molecule has 0 aromatic carbocycles. The van der Waals surface area contributed by atoms with E-state index in [0.717, 1.165) is 60.4 Å². The van der Waals surface area contributed by atoms with Crippen LogP contribution in [-0.4, -0.2) is 30.6 Å². The van der Waals surface area contributed by atoms with Crippen LogP contribution in [0.3, 0.4) is 0 Å². The molecule has 1 aliphatic carbocycles. The van der Waals surface area contributed by atoms with Crippen LogP contribution in [0.15, 0.2) is 48.4 Å². The fourth-order valence-electron chi connectivity index (χ4n) is 4.54. The van der Waals surface area contributed by atoms with Crippen molar-refractivity contribution in [2.45, 2.75) is 58.4 Å². The molecular formula is C26H28N6OS. The minimum absolute atomic E-state index is 0.0114. The number of carbonyl (C=O) groups is 1. The van der Waals surface area contributed by atoms with Crippen molar-refractivity contribution in [1.82, 2.24) is 30.0 Å². The van der Waals surface area contributed by atoms with Gasteiger partial charge in [-0.3, -0.25) is 9.78 Å². The largest absolute Gasteiger partial charge is 0.345 e. The zero-order chi connectivity index (χ0) is 23.5. The molecule has 174 valence electrons. The number of unbranched alkanes of at least 4 members (excludes halogenated alkanes) is 1. The van der Waals surface area contributed by atoms with Crippen molar-refractivity contribution in [1.29, 1.82) is 0 Å². The number of aromatic nitrogens is 5. The lowest BCUT2D eigenvalue weighted by Crippen LogP contribution is -2.31. The number of carbonyl (C=O) groups excluding carboxylic acids is 1. The lowest BCUT2D eigenvalue weighted by Gasteiger charge is -2.26. The topological polar surface area (TPSA) is 85.6 Å². The summed E-state index contributed by atoms with van der Waals surface area (Å²) in [5.74, 6) is 0.394. The average molecular weight is 473 g/mol. The van der Waals surface area contributed by atoms with Gasteiger partial charge in [-0.15, -0.1) is 11.3 Å². The third-order valence-electron chi connectivity index (χ3n) is 6.34. The first-order chi connectivity index (χ1) is 16.7. The first kappa shape index (κ1) is 22.4. The molecule has 4 aromatic rings. The van der Waals surface area contributed by atoms with E-state index in [0.29, 0.717) is 11.5 Å². The summed E-state index contributed by atoms with van der Waals surface area (Å²) in [6.45, 7) is 4.15. The van der Waals surface area contributed by atoms with Crippen molar-refractivity contribution < 1.29 is 4.79 Å². The minimum atomic E-state index is -0.0994.